The highest BCUT2D eigenvalue weighted by atomic mass is 16.5. The molecule has 0 aromatic heterocycles. The van der Waals surface area contributed by atoms with E-state index >= 15 is 0 Å². The van der Waals surface area contributed by atoms with Crippen LogP contribution in [0.25, 0.3) is 0 Å². The van der Waals surface area contributed by atoms with Crippen molar-refractivity contribution >= 4 is 11.8 Å². The minimum absolute atomic E-state index is 0.0933. The highest BCUT2D eigenvalue weighted by Crippen LogP contribution is 2.63. The van der Waals surface area contributed by atoms with Crippen LogP contribution in [0.2, 0.25) is 0 Å². The number of Topliss-reactive ketones (excluding diaryl/α,β-unsaturated/α-hetero) is 1. The van der Waals surface area contributed by atoms with E-state index in [4.69, 9.17) is 14.6 Å². The van der Waals surface area contributed by atoms with Crippen molar-refractivity contribution in [1.82, 2.24) is 4.90 Å². The van der Waals surface area contributed by atoms with Crippen LogP contribution in [0, 0.1) is 5.92 Å². The number of likely N-dealkylation sites (N-methyl/N-ethyl adjacent to an activating group) is 1. The zero-order chi connectivity index (χ0) is 23.3. The first-order chi connectivity index (χ1) is 15.9. The van der Waals surface area contributed by atoms with Gasteiger partial charge in [-0.2, -0.15) is 0 Å². The van der Waals surface area contributed by atoms with E-state index in [1.165, 1.54) is 11.1 Å². The summed E-state index contributed by atoms with van der Waals surface area (Å²) in [5.74, 6) is 1.27. The Morgan fingerprint density at radius 2 is 2.00 bits per heavy atom. The molecular weight excluding hydrogens is 418 g/mol. The first kappa shape index (κ1) is 22.0. The van der Waals surface area contributed by atoms with Crippen molar-refractivity contribution in [3.63, 3.8) is 0 Å². The van der Waals surface area contributed by atoms with Crippen molar-refractivity contribution in [3.8, 4) is 11.5 Å². The molecule has 6 rings (SSSR count). The lowest BCUT2D eigenvalue weighted by Gasteiger charge is -2.57. The van der Waals surface area contributed by atoms with Gasteiger partial charge in [-0.15, -0.1) is 0 Å². The van der Waals surface area contributed by atoms with Crippen LogP contribution in [0.1, 0.15) is 48.8 Å². The number of benzene rings is 2. The van der Waals surface area contributed by atoms with Crippen molar-refractivity contribution in [2.75, 3.05) is 20.7 Å². The number of rotatable bonds is 3. The summed E-state index contributed by atoms with van der Waals surface area (Å²) >= 11 is 0. The van der Waals surface area contributed by atoms with Crippen molar-refractivity contribution in [1.29, 1.82) is 0 Å². The Morgan fingerprint density at radius 1 is 1.24 bits per heavy atom. The van der Waals surface area contributed by atoms with Crippen LogP contribution in [0.15, 0.2) is 42.5 Å². The van der Waals surface area contributed by atoms with Crippen molar-refractivity contribution in [2.24, 2.45) is 5.92 Å². The number of piperidine rings is 1. The van der Waals surface area contributed by atoms with Crippen LogP contribution in [-0.4, -0.2) is 54.6 Å². The number of carbonyl (C=O) groups excluding carboxylic acids is 1. The molecule has 2 aromatic rings. The average molecular weight is 450 g/mol. The van der Waals surface area contributed by atoms with Gasteiger partial charge in [-0.25, -0.2) is 0 Å². The molecule has 33 heavy (non-hydrogen) atoms. The maximum atomic E-state index is 12.6. The molecule has 1 N–H and O–H groups in total. The standard InChI is InChI=1S/C18H21NO3.C9H10O2/c1-19-8-7-18-11-4-5-13(20)17(18)22-16-14(21-2)6-3-10(15(16)18)9-12(11)19;1-7(9(10)11)8-5-3-2-4-6-8/h3,6,11-12,17H,4-5,7-9H2,1-2H3;2-7H,1H3,(H,10,11)/t11-,12+,17-,18-;/m0./s1. The maximum Gasteiger partial charge on any atom is 0.310 e. The molecule has 1 unspecified atom stereocenters. The molecule has 6 heteroatoms. The van der Waals surface area contributed by atoms with E-state index in [0.717, 1.165) is 42.9 Å². The van der Waals surface area contributed by atoms with E-state index < -0.39 is 11.9 Å². The van der Waals surface area contributed by atoms with Gasteiger partial charge in [0.1, 0.15) is 0 Å². The van der Waals surface area contributed by atoms with Gasteiger partial charge in [0.2, 0.25) is 0 Å². The zero-order valence-corrected chi connectivity index (χ0v) is 19.4. The molecule has 2 bridgehead atoms. The minimum Gasteiger partial charge on any atom is -0.493 e. The van der Waals surface area contributed by atoms with E-state index in [-0.39, 0.29) is 17.3 Å². The second-order valence-electron chi connectivity index (χ2n) is 9.75. The Bertz CT molecular complexity index is 1080. The molecule has 174 valence electrons. The largest absolute Gasteiger partial charge is 0.493 e. The second-order valence-corrected chi connectivity index (χ2v) is 9.75. The van der Waals surface area contributed by atoms with Gasteiger partial charge in [0.25, 0.3) is 0 Å². The topological polar surface area (TPSA) is 76.1 Å². The summed E-state index contributed by atoms with van der Waals surface area (Å²) in [4.78, 5) is 25.6. The molecule has 5 atom stereocenters. The van der Waals surface area contributed by atoms with Crippen LogP contribution >= 0.6 is 0 Å². The molecule has 2 aliphatic heterocycles. The normalized spacial score (nSPS) is 29.8. The number of ketones is 1. The van der Waals surface area contributed by atoms with Gasteiger partial charge < -0.3 is 19.5 Å². The van der Waals surface area contributed by atoms with E-state index in [1.807, 2.05) is 36.4 Å². The predicted molar refractivity (Wildman–Crippen MR) is 124 cm³/mol. The Morgan fingerprint density at radius 3 is 2.70 bits per heavy atom. The molecule has 2 heterocycles. The number of hydrogen-bond acceptors (Lipinski definition) is 5. The molecule has 0 radical (unpaired) electrons. The van der Waals surface area contributed by atoms with Gasteiger partial charge in [0.15, 0.2) is 23.4 Å². The number of ether oxygens (including phenoxy) is 2. The third kappa shape index (κ3) is 3.26. The summed E-state index contributed by atoms with van der Waals surface area (Å²) in [5, 5.41) is 8.64. The lowest BCUT2D eigenvalue weighted by Crippen LogP contribution is -2.65. The molecule has 0 amide bonds. The first-order valence-corrected chi connectivity index (χ1v) is 11.8. The van der Waals surface area contributed by atoms with Gasteiger partial charge in [-0.3, -0.25) is 9.59 Å². The van der Waals surface area contributed by atoms with Gasteiger partial charge >= 0.3 is 5.97 Å². The number of aliphatic carboxylic acids is 1. The first-order valence-electron chi connectivity index (χ1n) is 11.8. The van der Waals surface area contributed by atoms with Crippen LogP contribution < -0.4 is 9.47 Å². The second kappa shape index (κ2) is 8.17. The van der Waals surface area contributed by atoms with Gasteiger partial charge in [0.05, 0.1) is 13.0 Å². The Kier molecular flexibility index (Phi) is 5.44. The molecule has 2 aliphatic carbocycles. The molecule has 1 saturated carbocycles. The van der Waals surface area contributed by atoms with Crippen LogP contribution in [-0.2, 0) is 21.4 Å². The molecular formula is C27H31NO5. The number of carboxylic acid groups (broad SMARTS) is 1. The van der Waals surface area contributed by atoms with Crippen molar-refractivity contribution < 1.29 is 24.2 Å². The lowest BCUT2D eigenvalue weighted by molar-refractivity contribution is -0.139. The van der Waals surface area contributed by atoms with Gasteiger partial charge in [-0.05, 0) is 62.9 Å². The van der Waals surface area contributed by atoms with Gasteiger partial charge in [0, 0.05) is 23.4 Å². The fraction of sp³-hybridized carbons (Fsp3) is 0.481. The van der Waals surface area contributed by atoms with Crippen LogP contribution in [0.5, 0.6) is 11.5 Å². The van der Waals surface area contributed by atoms with Crippen LogP contribution in [0.4, 0.5) is 0 Å². The summed E-state index contributed by atoms with van der Waals surface area (Å²) in [6.45, 7) is 2.72. The molecule has 2 fully saturated rings. The molecule has 4 aliphatic rings. The summed E-state index contributed by atoms with van der Waals surface area (Å²) in [5.41, 5.74) is 3.42. The SMILES string of the molecule is CC(C(=O)O)c1ccccc1.COc1ccc2c3c1O[C@H]1C(=O)CC[C@H]4[C@@H](C2)N(C)CC[C@]314. The Labute approximate surface area is 194 Å². The van der Waals surface area contributed by atoms with E-state index in [1.54, 1.807) is 14.0 Å². The zero-order valence-electron chi connectivity index (χ0n) is 19.4. The fourth-order valence-corrected chi connectivity index (χ4v) is 6.56. The summed E-state index contributed by atoms with van der Waals surface area (Å²) in [6.07, 6.45) is 3.47. The van der Waals surface area contributed by atoms with E-state index in [9.17, 15) is 9.59 Å². The predicted octanol–water partition coefficient (Wildman–Crippen LogP) is 3.81. The fourth-order valence-electron chi connectivity index (χ4n) is 6.56. The Hall–Kier alpha value is -2.86. The highest BCUT2D eigenvalue weighted by molar-refractivity contribution is 5.89. The number of carboxylic acids is 1. The molecule has 1 saturated heterocycles. The van der Waals surface area contributed by atoms with Crippen LogP contribution in [0.3, 0.4) is 0 Å². The third-order valence-electron chi connectivity index (χ3n) is 8.26. The highest BCUT2D eigenvalue weighted by Gasteiger charge is 2.65. The maximum absolute atomic E-state index is 12.6. The average Bonchev–Trinajstić information content (AvgIpc) is 3.18. The van der Waals surface area contributed by atoms with E-state index in [2.05, 4.69) is 18.0 Å². The summed E-state index contributed by atoms with van der Waals surface area (Å²) < 4.78 is 11.8. The monoisotopic (exact) mass is 449 g/mol. The molecule has 2 aromatic carbocycles. The number of methoxy groups -OCH3 is 1. The van der Waals surface area contributed by atoms with E-state index in [0.29, 0.717) is 18.4 Å². The summed E-state index contributed by atoms with van der Waals surface area (Å²) in [7, 11) is 3.91. The summed E-state index contributed by atoms with van der Waals surface area (Å²) in [6, 6.07) is 13.9. The molecule has 6 nitrogen and oxygen atoms in total. The van der Waals surface area contributed by atoms with Crippen molar-refractivity contribution in [2.45, 2.75) is 56.1 Å². The number of carbonyl (C=O) groups is 2. The number of nitrogens with zero attached hydrogens (tertiary/aromatic N) is 1. The van der Waals surface area contributed by atoms with Gasteiger partial charge in [-0.1, -0.05) is 36.4 Å². The van der Waals surface area contributed by atoms with Crippen molar-refractivity contribution in [3.05, 3.63) is 59.2 Å². The number of likely N-dealkylation sites (tertiary alicyclic amines) is 1. The smallest absolute Gasteiger partial charge is 0.310 e. The third-order valence-corrected chi connectivity index (χ3v) is 8.26. The number of hydrogen-bond donors (Lipinski definition) is 1. The minimum atomic E-state index is -0.781. The molecule has 1 spiro atoms. The quantitative estimate of drug-likeness (QED) is 0.768. The lowest BCUT2D eigenvalue weighted by atomic mass is 9.52. The Balaban J connectivity index is 0.000000177.